The Kier molecular flexibility index (Phi) is 7.70. The van der Waals surface area contributed by atoms with Gasteiger partial charge in [-0.05, 0) is 46.3 Å². The fourth-order valence-corrected chi connectivity index (χ4v) is 6.50. The molecule has 0 amide bonds. The van der Waals surface area contributed by atoms with E-state index in [0.29, 0.717) is 60.3 Å². The number of piperidine rings is 1. The fourth-order valence-electron chi connectivity index (χ4n) is 5.43. The first kappa shape index (κ1) is 26.0. The molecule has 0 radical (unpaired) electrons. The van der Waals surface area contributed by atoms with Gasteiger partial charge in [-0.15, -0.1) is 11.3 Å². The zero-order valence-electron chi connectivity index (χ0n) is 20.0. The zero-order chi connectivity index (χ0) is 26.1. The second-order valence-corrected chi connectivity index (χ2v) is 11.0. The molecule has 2 saturated heterocycles. The average molecular weight is 593 g/mol. The summed E-state index contributed by atoms with van der Waals surface area (Å²) in [6.07, 6.45) is 3.18. The highest BCUT2D eigenvalue weighted by Gasteiger charge is 2.42. The number of benzene rings is 1. The van der Waals surface area contributed by atoms with Crippen LogP contribution in [0.1, 0.15) is 35.9 Å². The van der Waals surface area contributed by atoms with E-state index in [4.69, 9.17) is 14.5 Å². The van der Waals surface area contributed by atoms with Crippen LogP contribution >= 0.6 is 27.3 Å². The van der Waals surface area contributed by atoms with E-state index in [1.165, 1.54) is 24.5 Å². The Labute approximate surface area is 225 Å². The number of nitrogens with zero attached hydrogens (tertiary/aromatic N) is 3. The Morgan fingerprint density at radius 3 is 2.73 bits per heavy atom. The predicted molar refractivity (Wildman–Crippen MR) is 138 cm³/mol. The van der Waals surface area contributed by atoms with Crippen molar-refractivity contribution < 1.29 is 28.6 Å². The summed E-state index contributed by atoms with van der Waals surface area (Å²) in [5, 5.41) is 15.1. The standard InChI is InChI=1S/C25H26BrFN4O5S/c1-35-25(34)20-18(10-31-14-7-13(9-19(32)33)8-15(31)12-36-11-14)29-23(24-28-5-6-37-24)30-22(20)16-3-2-4-17(27)21(16)26/h2-6,13-15,22H,7-12H2,1H3,(H,29,30)(H,32,33)/t13?,14-,15+,22-/m0/s1. The van der Waals surface area contributed by atoms with Gasteiger partial charge in [0.25, 0.3) is 0 Å². The second kappa shape index (κ2) is 11.0. The summed E-state index contributed by atoms with van der Waals surface area (Å²) in [5.74, 6) is -1.26. The van der Waals surface area contributed by atoms with E-state index in [-0.39, 0.29) is 28.9 Å². The number of amidine groups is 1. The van der Waals surface area contributed by atoms with Gasteiger partial charge in [0.05, 0.1) is 30.4 Å². The van der Waals surface area contributed by atoms with Crippen molar-refractivity contribution in [3.8, 4) is 0 Å². The largest absolute Gasteiger partial charge is 0.481 e. The van der Waals surface area contributed by atoms with Gasteiger partial charge in [0.15, 0.2) is 10.8 Å². The number of carboxylic acid groups (broad SMARTS) is 1. The van der Waals surface area contributed by atoms with E-state index in [1.54, 1.807) is 18.3 Å². The molecule has 9 nitrogen and oxygen atoms in total. The molecule has 2 aromatic rings. The molecule has 1 unspecified atom stereocenters. The third-order valence-corrected chi connectivity index (χ3v) is 8.63. The van der Waals surface area contributed by atoms with Crippen LogP contribution in [0.5, 0.6) is 0 Å². The molecule has 2 bridgehead atoms. The van der Waals surface area contributed by atoms with E-state index in [0.717, 1.165) is 0 Å². The molecule has 5 rings (SSSR count). The molecule has 4 heterocycles. The minimum atomic E-state index is -0.826. The Hall–Kier alpha value is -2.67. The number of nitrogens with one attached hydrogen (secondary N) is 1. The maximum Gasteiger partial charge on any atom is 0.338 e. The van der Waals surface area contributed by atoms with Crippen LogP contribution in [-0.4, -0.2) is 71.7 Å². The van der Waals surface area contributed by atoms with Gasteiger partial charge >= 0.3 is 11.9 Å². The number of carboxylic acids is 1. The van der Waals surface area contributed by atoms with Crippen molar-refractivity contribution in [1.29, 1.82) is 0 Å². The number of aliphatic imine (C=N–C) groups is 1. The number of ether oxygens (including phenoxy) is 2. The number of hydrogen-bond acceptors (Lipinski definition) is 9. The SMILES string of the molecule is COC(=O)C1=C(CN2[C@@H]3COC[C@H]2CC(CC(=O)O)C3)NC(c2nccs2)=N[C@H]1c1cccc(F)c1Br. The van der Waals surface area contributed by atoms with E-state index in [9.17, 15) is 19.1 Å². The summed E-state index contributed by atoms with van der Waals surface area (Å²) in [4.78, 5) is 36.0. The van der Waals surface area contributed by atoms with Gasteiger partial charge in [0, 0.05) is 42.3 Å². The summed E-state index contributed by atoms with van der Waals surface area (Å²) in [5.41, 5.74) is 1.39. The average Bonchev–Trinajstić information content (AvgIpc) is 3.40. The molecule has 0 spiro atoms. The van der Waals surface area contributed by atoms with Crippen molar-refractivity contribution in [2.45, 2.75) is 37.4 Å². The summed E-state index contributed by atoms with van der Waals surface area (Å²) >= 11 is 4.74. The number of halogens is 2. The number of carbonyl (C=O) groups excluding carboxylic acids is 1. The summed E-state index contributed by atoms with van der Waals surface area (Å²) < 4.78 is 25.8. The first-order chi connectivity index (χ1) is 17.9. The predicted octanol–water partition coefficient (Wildman–Crippen LogP) is 3.52. The van der Waals surface area contributed by atoms with Crippen molar-refractivity contribution in [2.75, 3.05) is 26.9 Å². The quantitative estimate of drug-likeness (QED) is 0.470. The number of aliphatic carboxylic acids is 1. The van der Waals surface area contributed by atoms with Gasteiger partial charge < -0.3 is 19.9 Å². The van der Waals surface area contributed by atoms with Crippen molar-refractivity contribution in [1.82, 2.24) is 15.2 Å². The zero-order valence-corrected chi connectivity index (χ0v) is 22.4. The van der Waals surface area contributed by atoms with Gasteiger partial charge in [-0.25, -0.2) is 14.2 Å². The number of morpholine rings is 1. The van der Waals surface area contributed by atoms with Crippen molar-refractivity contribution in [2.24, 2.45) is 10.9 Å². The van der Waals surface area contributed by atoms with Gasteiger partial charge in [-0.2, -0.15) is 0 Å². The smallest absolute Gasteiger partial charge is 0.338 e. The highest BCUT2D eigenvalue weighted by Crippen LogP contribution is 2.39. The number of carbonyl (C=O) groups is 2. The topological polar surface area (TPSA) is 113 Å². The molecule has 196 valence electrons. The number of esters is 1. The third-order valence-electron chi connectivity index (χ3n) is 7.02. The van der Waals surface area contributed by atoms with E-state index in [1.807, 2.05) is 5.38 Å². The lowest BCUT2D eigenvalue weighted by atomic mass is 9.82. The molecule has 4 atom stereocenters. The number of fused-ring (bicyclic) bond motifs is 2. The summed E-state index contributed by atoms with van der Waals surface area (Å²) in [6, 6.07) is 3.84. The molecule has 37 heavy (non-hydrogen) atoms. The van der Waals surface area contributed by atoms with Crippen LogP contribution in [0.15, 0.2) is 50.5 Å². The fraction of sp³-hybridized carbons (Fsp3) is 0.440. The highest BCUT2D eigenvalue weighted by atomic mass is 79.9. The number of hydrogen-bond donors (Lipinski definition) is 2. The Bertz CT molecular complexity index is 1240. The van der Waals surface area contributed by atoms with Crippen molar-refractivity contribution in [3.05, 3.63) is 61.9 Å². The van der Waals surface area contributed by atoms with Gasteiger partial charge in [0.2, 0.25) is 0 Å². The van der Waals surface area contributed by atoms with Crippen LogP contribution in [0, 0.1) is 11.7 Å². The molecule has 12 heteroatoms. The van der Waals surface area contributed by atoms with Crippen molar-refractivity contribution >= 4 is 45.0 Å². The highest BCUT2D eigenvalue weighted by molar-refractivity contribution is 9.10. The molecule has 2 fully saturated rings. The minimum Gasteiger partial charge on any atom is -0.481 e. The second-order valence-electron chi connectivity index (χ2n) is 9.32. The van der Waals surface area contributed by atoms with E-state index in [2.05, 4.69) is 31.1 Å². The first-order valence-corrected chi connectivity index (χ1v) is 13.6. The minimum absolute atomic E-state index is 0.00609. The third kappa shape index (κ3) is 5.33. The lowest BCUT2D eigenvalue weighted by molar-refractivity contribution is -0.141. The lowest BCUT2D eigenvalue weighted by Crippen LogP contribution is -2.58. The molecular weight excluding hydrogens is 567 g/mol. The van der Waals surface area contributed by atoms with Gasteiger partial charge in [-0.3, -0.25) is 14.7 Å². The molecule has 0 saturated carbocycles. The Morgan fingerprint density at radius 2 is 2.08 bits per heavy atom. The monoisotopic (exact) mass is 592 g/mol. The molecule has 0 aliphatic carbocycles. The maximum absolute atomic E-state index is 14.6. The van der Waals surface area contributed by atoms with Crippen molar-refractivity contribution in [3.63, 3.8) is 0 Å². The van der Waals surface area contributed by atoms with E-state index >= 15 is 0 Å². The van der Waals surface area contributed by atoms with Gasteiger partial charge in [-0.1, -0.05) is 12.1 Å². The molecule has 1 aromatic carbocycles. The Morgan fingerprint density at radius 1 is 1.32 bits per heavy atom. The molecule has 1 aromatic heterocycles. The van der Waals surface area contributed by atoms with Crippen LogP contribution in [0.4, 0.5) is 4.39 Å². The van der Waals surface area contributed by atoms with E-state index < -0.39 is 23.8 Å². The molecule has 3 aliphatic rings. The van der Waals surface area contributed by atoms with Gasteiger partial charge in [0.1, 0.15) is 11.9 Å². The Balaban J connectivity index is 1.55. The summed E-state index contributed by atoms with van der Waals surface area (Å²) in [7, 11) is 1.31. The maximum atomic E-state index is 14.6. The molecular formula is C25H26BrFN4O5S. The van der Waals surface area contributed by atoms with Crippen LogP contribution < -0.4 is 5.32 Å². The number of methoxy groups -OCH3 is 1. The molecule has 3 aliphatic heterocycles. The summed E-state index contributed by atoms with van der Waals surface area (Å²) in [6.45, 7) is 1.34. The van der Waals surface area contributed by atoms with Crippen LogP contribution in [0.3, 0.4) is 0 Å². The van der Waals surface area contributed by atoms with Crippen LogP contribution in [0.2, 0.25) is 0 Å². The van der Waals surface area contributed by atoms with Crippen LogP contribution in [0.25, 0.3) is 0 Å². The number of aromatic nitrogens is 1. The molecule has 2 N–H and O–H groups in total. The normalized spacial score (nSPS) is 25.9. The number of rotatable bonds is 7. The number of thiazole rings is 1. The first-order valence-electron chi connectivity index (χ1n) is 11.9. The lowest BCUT2D eigenvalue weighted by Gasteiger charge is -2.49. The van der Waals surface area contributed by atoms with Crippen LogP contribution in [-0.2, 0) is 19.1 Å².